The molecule has 1 heterocycles. The number of halogens is 1. The van der Waals surface area contributed by atoms with E-state index in [9.17, 15) is 4.39 Å². The summed E-state index contributed by atoms with van der Waals surface area (Å²) in [5.41, 5.74) is 5.95. The molecule has 0 amide bonds. The number of thiazole rings is 1. The lowest BCUT2D eigenvalue weighted by molar-refractivity contribution is 0.581. The highest BCUT2D eigenvalue weighted by Gasteiger charge is 2.24. The molecular weight excluding hydrogens is 281 g/mol. The van der Waals surface area contributed by atoms with Gasteiger partial charge in [0.1, 0.15) is 15.8 Å². The number of benzene rings is 1. The molecule has 0 unspecified atom stereocenters. The molecule has 0 radical (unpaired) electrons. The van der Waals surface area contributed by atoms with Crippen LogP contribution in [0.15, 0.2) is 29.8 Å². The minimum Gasteiger partial charge on any atom is -0.389 e. The molecule has 2 aromatic rings. The summed E-state index contributed by atoms with van der Waals surface area (Å²) < 4.78 is 14.0. The monoisotopic (exact) mass is 295 g/mol. The normalized spacial score (nSPS) is 11.3. The molecule has 1 aromatic heterocycles. The third-order valence-electron chi connectivity index (χ3n) is 2.67. The maximum Gasteiger partial charge on any atom is 0.147 e. The molecule has 3 nitrogen and oxygen atoms in total. The predicted octanol–water partition coefficient (Wildman–Crippen LogP) is 3.26. The van der Waals surface area contributed by atoms with Gasteiger partial charge in [-0.15, -0.1) is 11.3 Å². The molecular formula is C13H14FN3S2. The van der Waals surface area contributed by atoms with Gasteiger partial charge in [-0.3, -0.25) is 0 Å². The van der Waals surface area contributed by atoms with Gasteiger partial charge in [0.2, 0.25) is 0 Å². The van der Waals surface area contributed by atoms with Crippen molar-refractivity contribution in [3.63, 3.8) is 0 Å². The number of nitrogens with two attached hydrogens (primary N) is 1. The van der Waals surface area contributed by atoms with Crippen molar-refractivity contribution in [1.82, 2.24) is 4.98 Å². The quantitative estimate of drug-likeness (QED) is 0.850. The van der Waals surface area contributed by atoms with Gasteiger partial charge in [-0.1, -0.05) is 12.2 Å². The number of rotatable bonds is 4. The molecule has 0 aliphatic rings. The third-order valence-corrected chi connectivity index (χ3v) is 4.00. The lowest BCUT2D eigenvalue weighted by atomic mass is 10.1. The van der Waals surface area contributed by atoms with E-state index in [2.05, 4.69) is 10.3 Å². The maximum absolute atomic E-state index is 14.0. The average molecular weight is 295 g/mol. The van der Waals surface area contributed by atoms with Crippen LogP contribution in [0.1, 0.15) is 24.4 Å². The Morgan fingerprint density at radius 2 is 2.21 bits per heavy atom. The largest absolute Gasteiger partial charge is 0.389 e. The predicted molar refractivity (Wildman–Crippen MR) is 81.1 cm³/mol. The van der Waals surface area contributed by atoms with E-state index in [1.807, 2.05) is 19.2 Å². The van der Waals surface area contributed by atoms with Crippen LogP contribution in [0, 0.1) is 5.82 Å². The van der Waals surface area contributed by atoms with E-state index in [-0.39, 0.29) is 10.8 Å². The molecule has 19 heavy (non-hydrogen) atoms. The van der Waals surface area contributed by atoms with E-state index in [1.54, 1.807) is 18.3 Å². The van der Waals surface area contributed by atoms with Crippen molar-refractivity contribution in [2.45, 2.75) is 19.4 Å². The Morgan fingerprint density at radius 1 is 1.47 bits per heavy atom. The molecule has 3 N–H and O–H groups in total. The van der Waals surface area contributed by atoms with Gasteiger partial charge in [-0.25, -0.2) is 9.37 Å². The fraction of sp³-hybridized carbons (Fsp3) is 0.231. The third kappa shape index (κ3) is 3.08. The number of nitrogens with one attached hydrogen (secondary N) is 1. The van der Waals surface area contributed by atoms with Gasteiger partial charge in [-0.2, -0.15) is 0 Å². The van der Waals surface area contributed by atoms with Crippen LogP contribution in [0.4, 0.5) is 10.1 Å². The van der Waals surface area contributed by atoms with E-state index < -0.39 is 5.54 Å². The van der Waals surface area contributed by atoms with E-state index in [1.165, 1.54) is 17.4 Å². The number of hydrogen-bond donors (Lipinski definition) is 2. The molecule has 6 heteroatoms. The first kappa shape index (κ1) is 13.9. The van der Waals surface area contributed by atoms with Crippen molar-refractivity contribution in [2.75, 3.05) is 5.32 Å². The first-order valence-electron chi connectivity index (χ1n) is 5.67. The van der Waals surface area contributed by atoms with Gasteiger partial charge in [0.05, 0.1) is 11.2 Å². The second-order valence-electron chi connectivity index (χ2n) is 4.65. The fourth-order valence-corrected chi connectivity index (χ4v) is 2.54. The Bertz CT molecular complexity index is 594. The van der Waals surface area contributed by atoms with Crippen LogP contribution in [-0.2, 0) is 5.54 Å². The van der Waals surface area contributed by atoms with Gasteiger partial charge >= 0.3 is 0 Å². The van der Waals surface area contributed by atoms with Crippen LogP contribution in [0.25, 0.3) is 0 Å². The van der Waals surface area contributed by atoms with Crippen LogP contribution in [-0.4, -0.2) is 9.97 Å². The van der Waals surface area contributed by atoms with E-state index >= 15 is 0 Å². The molecule has 2 rings (SSSR count). The summed E-state index contributed by atoms with van der Waals surface area (Å²) in [5.74, 6) is -0.380. The molecule has 0 spiro atoms. The summed E-state index contributed by atoms with van der Waals surface area (Å²) in [6.45, 7) is 3.90. The lowest BCUT2D eigenvalue weighted by Gasteiger charge is -2.25. The lowest BCUT2D eigenvalue weighted by Crippen LogP contribution is -2.28. The summed E-state index contributed by atoms with van der Waals surface area (Å²) in [6.07, 6.45) is 1.73. The SMILES string of the molecule is CC(C)(Nc1ccc(C(N)=S)cc1F)c1nccs1. The fourth-order valence-electron chi connectivity index (χ4n) is 1.69. The molecule has 100 valence electrons. The van der Waals surface area contributed by atoms with Crippen LogP contribution in [0.2, 0.25) is 0 Å². The van der Waals surface area contributed by atoms with E-state index in [0.717, 1.165) is 5.01 Å². The summed E-state index contributed by atoms with van der Waals surface area (Å²) in [5, 5.41) is 5.93. The van der Waals surface area contributed by atoms with Crippen molar-refractivity contribution in [2.24, 2.45) is 5.73 Å². The first-order valence-corrected chi connectivity index (χ1v) is 6.96. The van der Waals surface area contributed by atoms with Crippen molar-refractivity contribution >= 4 is 34.2 Å². The Kier molecular flexibility index (Phi) is 3.82. The zero-order chi connectivity index (χ0) is 14.0. The van der Waals surface area contributed by atoms with Crippen molar-refractivity contribution < 1.29 is 4.39 Å². The van der Waals surface area contributed by atoms with Gasteiger partial charge in [0.25, 0.3) is 0 Å². The molecule has 0 aliphatic heterocycles. The molecule has 0 saturated heterocycles. The molecule has 0 fully saturated rings. The number of aromatic nitrogens is 1. The van der Waals surface area contributed by atoms with Gasteiger partial charge in [0, 0.05) is 17.1 Å². The summed E-state index contributed by atoms with van der Waals surface area (Å²) in [6, 6.07) is 4.67. The second-order valence-corrected chi connectivity index (χ2v) is 5.98. The van der Waals surface area contributed by atoms with Crippen LogP contribution >= 0.6 is 23.6 Å². The zero-order valence-corrected chi connectivity index (χ0v) is 12.2. The number of anilines is 1. The highest BCUT2D eigenvalue weighted by atomic mass is 32.1. The summed E-state index contributed by atoms with van der Waals surface area (Å²) >= 11 is 6.35. The smallest absolute Gasteiger partial charge is 0.147 e. The maximum atomic E-state index is 14.0. The zero-order valence-electron chi connectivity index (χ0n) is 10.6. The molecule has 0 aliphatic carbocycles. The Hall–Kier alpha value is -1.53. The minimum absolute atomic E-state index is 0.185. The van der Waals surface area contributed by atoms with Crippen LogP contribution in [0.3, 0.4) is 0 Å². The number of nitrogens with zero attached hydrogens (tertiary/aromatic N) is 1. The highest BCUT2D eigenvalue weighted by molar-refractivity contribution is 7.80. The van der Waals surface area contributed by atoms with Crippen LogP contribution < -0.4 is 11.1 Å². The van der Waals surface area contributed by atoms with Crippen LogP contribution in [0.5, 0.6) is 0 Å². The summed E-state index contributed by atoms with van der Waals surface area (Å²) in [7, 11) is 0. The van der Waals surface area contributed by atoms with Gasteiger partial charge in [-0.05, 0) is 32.0 Å². The molecule has 0 bridgehead atoms. The Morgan fingerprint density at radius 3 is 2.74 bits per heavy atom. The minimum atomic E-state index is -0.445. The Balaban J connectivity index is 2.27. The highest BCUT2D eigenvalue weighted by Crippen LogP contribution is 2.28. The number of thiocarbonyl (C=S) groups is 1. The van der Waals surface area contributed by atoms with Gasteiger partial charge in [0.15, 0.2) is 0 Å². The standard InChI is InChI=1S/C13H14FN3S2/c1-13(2,12-16-5-6-19-12)17-10-4-3-8(11(15)18)7-9(10)14/h3-7,17H,1-2H3,(H2,15,18). The number of hydrogen-bond acceptors (Lipinski definition) is 4. The van der Waals surface area contributed by atoms with Crippen molar-refractivity contribution in [3.05, 3.63) is 46.2 Å². The second kappa shape index (κ2) is 5.22. The van der Waals surface area contributed by atoms with E-state index in [0.29, 0.717) is 11.3 Å². The van der Waals surface area contributed by atoms with E-state index in [4.69, 9.17) is 18.0 Å². The average Bonchev–Trinajstić information content (AvgIpc) is 2.85. The van der Waals surface area contributed by atoms with Crippen molar-refractivity contribution in [3.8, 4) is 0 Å². The summed E-state index contributed by atoms with van der Waals surface area (Å²) in [4.78, 5) is 4.44. The first-order chi connectivity index (χ1) is 8.90. The molecule has 1 aromatic carbocycles. The van der Waals surface area contributed by atoms with Gasteiger partial charge < -0.3 is 11.1 Å². The molecule has 0 atom stereocenters. The van der Waals surface area contributed by atoms with Crippen molar-refractivity contribution in [1.29, 1.82) is 0 Å². The topological polar surface area (TPSA) is 50.9 Å². The Labute approximate surface area is 120 Å². The molecule has 0 saturated carbocycles.